The normalized spacial score (nSPS) is 18.1. The van der Waals surface area contributed by atoms with E-state index in [0.717, 1.165) is 29.8 Å². The van der Waals surface area contributed by atoms with Crippen LogP contribution in [0, 0.1) is 18.6 Å². The monoisotopic (exact) mass is 341 g/mol. The van der Waals surface area contributed by atoms with Crippen molar-refractivity contribution in [3.05, 3.63) is 51.3 Å². The number of hydrogen-bond acceptors (Lipinski definition) is 1. The number of rotatable bonds is 1. The van der Waals surface area contributed by atoms with Crippen molar-refractivity contribution >= 4 is 15.9 Å². The molecule has 0 aliphatic heterocycles. The van der Waals surface area contributed by atoms with Crippen molar-refractivity contribution in [3.8, 4) is 5.69 Å². The lowest BCUT2D eigenvalue weighted by Crippen LogP contribution is -2.13. The Bertz CT molecular complexity index is 658. The largest absolute Gasteiger partial charge is 0.388 e. The molecule has 3 rings (SSSR count). The van der Waals surface area contributed by atoms with Crippen LogP contribution in [0.25, 0.3) is 5.69 Å². The van der Waals surface area contributed by atoms with Crippen molar-refractivity contribution in [2.45, 2.75) is 32.3 Å². The van der Waals surface area contributed by atoms with Gasteiger partial charge in [0.2, 0.25) is 0 Å². The second-order valence-corrected chi connectivity index (χ2v) is 6.06. The molecule has 2 aromatic rings. The molecule has 0 saturated carbocycles. The first kappa shape index (κ1) is 13.8. The van der Waals surface area contributed by atoms with Crippen LogP contribution < -0.4 is 0 Å². The predicted molar refractivity (Wildman–Crippen MR) is 76.0 cm³/mol. The first-order chi connectivity index (χ1) is 9.49. The van der Waals surface area contributed by atoms with E-state index in [1.807, 2.05) is 6.07 Å². The Hall–Kier alpha value is -1.20. The molecular weight excluding hydrogens is 328 g/mol. The SMILES string of the molecule is Cc1cc2c(n1-c1c(F)cc(Br)cc1F)CCCC2O. The number of fused-ring (bicyclic) bond motifs is 1. The fourth-order valence-corrected chi connectivity index (χ4v) is 3.34. The lowest BCUT2D eigenvalue weighted by molar-refractivity contribution is 0.156. The number of aliphatic hydroxyl groups is 1. The lowest BCUT2D eigenvalue weighted by Gasteiger charge is -2.21. The molecule has 0 saturated heterocycles. The van der Waals surface area contributed by atoms with Crippen molar-refractivity contribution in [2.75, 3.05) is 0 Å². The highest BCUT2D eigenvalue weighted by Gasteiger charge is 2.26. The molecule has 1 unspecified atom stereocenters. The maximum absolute atomic E-state index is 14.2. The second kappa shape index (κ2) is 4.97. The molecule has 1 N–H and O–H groups in total. The molecule has 1 aliphatic carbocycles. The molecule has 1 aliphatic rings. The summed E-state index contributed by atoms with van der Waals surface area (Å²) in [7, 11) is 0. The van der Waals surface area contributed by atoms with Gasteiger partial charge in [-0.05, 0) is 44.4 Å². The Kier molecular flexibility index (Phi) is 3.42. The van der Waals surface area contributed by atoms with E-state index in [-0.39, 0.29) is 5.69 Å². The number of aromatic nitrogens is 1. The molecule has 106 valence electrons. The number of aryl methyl sites for hydroxylation is 1. The number of halogens is 3. The molecular formula is C15H14BrF2NO. The fraction of sp³-hybridized carbons (Fsp3) is 0.333. The zero-order valence-corrected chi connectivity index (χ0v) is 12.5. The number of benzene rings is 1. The van der Waals surface area contributed by atoms with E-state index in [4.69, 9.17) is 0 Å². The molecule has 0 bridgehead atoms. The van der Waals surface area contributed by atoms with Gasteiger partial charge in [-0.3, -0.25) is 0 Å². The van der Waals surface area contributed by atoms with Gasteiger partial charge in [-0.15, -0.1) is 0 Å². The molecule has 5 heteroatoms. The summed E-state index contributed by atoms with van der Waals surface area (Å²) in [6, 6.07) is 4.33. The third-order valence-corrected chi connectivity index (χ3v) is 4.23. The van der Waals surface area contributed by atoms with E-state index in [0.29, 0.717) is 10.9 Å². The van der Waals surface area contributed by atoms with Crippen molar-refractivity contribution in [1.29, 1.82) is 0 Å². The van der Waals surface area contributed by atoms with Crippen LogP contribution >= 0.6 is 15.9 Å². The minimum absolute atomic E-state index is 0.0685. The highest BCUT2D eigenvalue weighted by atomic mass is 79.9. The van der Waals surface area contributed by atoms with Crippen LogP contribution in [0.5, 0.6) is 0 Å². The van der Waals surface area contributed by atoms with Crippen LogP contribution in [0.15, 0.2) is 22.7 Å². The number of hydrogen-bond donors (Lipinski definition) is 1. The van der Waals surface area contributed by atoms with Crippen molar-refractivity contribution < 1.29 is 13.9 Å². The molecule has 20 heavy (non-hydrogen) atoms. The molecule has 2 nitrogen and oxygen atoms in total. The minimum atomic E-state index is -0.613. The van der Waals surface area contributed by atoms with Crippen LogP contribution in [0.3, 0.4) is 0 Å². The Morgan fingerprint density at radius 1 is 1.25 bits per heavy atom. The van der Waals surface area contributed by atoms with Crippen LogP contribution in [0.2, 0.25) is 0 Å². The van der Waals surface area contributed by atoms with Gasteiger partial charge in [0.1, 0.15) is 5.69 Å². The standard InChI is InChI=1S/C15H14BrF2NO/c1-8-5-10-13(3-2-4-14(10)20)19(8)15-11(17)6-9(16)7-12(15)18/h5-7,14,20H,2-4H2,1H3. The van der Waals surface area contributed by atoms with Gasteiger partial charge in [-0.25, -0.2) is 8.78 Å². The van der Waals surface area contributed by atoms with Gasteiger partial charge in [-0.2, -0.15) is 0 Å². The Labute approximate surface area is 124 Å². The first-order valence-electron chi connectivity index (χ1n) is 6.53. The Morgan fingerprint density at radius 3 is 2.55 bits per heavy atom. The van der Waals surface area contributed by atoms with Crippen molar-refractivity contribution in [1.82, 2.24) is 4.57 Å². The van der Waals surface area contributed by atoms with Gasteiger partial charge in [0.05, 0.1) is 6.10 Å². The van der Waals surface area contributed by atoms with Gasteiger partial charge >= 0.3 is 0 Å². The summed E-state index contributed by atoms with van der Waals surface area (Å²) in [5.74, 6) is -1.23. The number of nitrogens with zero attached hydrogens (tertiary/aromatic N) is 1. The van der Waals surface area contributed by atoms with E-state index < -0.39 is 17.7 Å². The zero-order chi connectivity index (χ0) is 14.4. The molecule has 1 aromatic heterocycles. The third kappa shape index (κ3) is 2.09. The quantitative estimate of drug-likeness (QED) is 0.826. The van der Waals surface area contributed by atoms with Crippen LogP contribution in [-0.2, 0) is 6.42 Å². The summed E-state index contributed by atoms with van der Waals surface area (Å²) in [6.07, 6.45) is 1.69. The maximum Gasteiger partial charge on any atom is 0.151 e. The van der Waals surface area contributed by atoms with Gasteiger partial charge in [-0.1, -0.05) is 15.9 Å². The van der Waals surface area contributed by atoms with E-state index in [1.54, 1.807) is 11.5 Å². The summed E-state index contributed by atoms with van der Waals surface area (Å²) in [5.41, 5.74) is 2.26. The number of aliphatic hydroxyl groups excluding tert-OH is 1. The van der Waals surface area contributed by atoms with Gasteiger partial charge in [0, 0.05) is 21.4 Å². The highest BCUT2D eigenvalue weighted by Crippen LogP contribution is 2.35. The average molecular weight is 342 g/mol. The zero-order valence-electron chi connectivity index (χ0n) is 11.0. The molecule has 1 heterocycles. The van der Waals surface area contributed by atoms with E-state index >= 15 is 0 Å². The smallest absolute Gasteiger partial charge is 0.151 e. The van der Waals surface area contributed by atoms with Gasteiger partial charge < -0.3 is 9.67 Å². The van der Waals surface area contributed by atoms with Crippen molar-refractivity contribution in [3.63, 3.8) is 0 Å². The van der Waals surface area contributed by atoms with Crippen LogP contribution in [-0.4, -0.2) is 9.67 Å². The fourth-order valence-electron chi connectivity index (χ4n) is 2.94. The molecule has 1 atom stereocenters. The molecule has 0 fully saturated rings. The summed E-state index contributed by atoms with van der Waals surface area (Å²) in [4.78, 5) is 0. The Morgan fingerprint density at radius 2 is 1.90 bits per heavy atom. The first-order valence-corrected chi connectivity index (χ1v) is 7.32. The minimum Gasteiger partial charge on any atom is -0.388 e. The van der Waals surface area contributed by atoms with Crippen molar-refractivity contribution in [2.24, 2.45) is 0 Å². The van der Waals surface area contributed by atoms with E-state index in [9.17, 15) is 13.9 Å². The molecule has 0 amide bonds. The van der Waals surface area contributed by atoms with E-state index in [1.165, 1.54) is 12.1 Å². The third-order valence-electron chi connectivity index (χ3n) is 3.78. The summed E-state index contributed by atoms with van der Waals surface area (Å²) < 4.78 is 30.3. The van der Waals surface area contributed by atoms with Crippen LogP contribution in [0.1, 0.15) is 35.9 Å². The summed E-state index contributed by atoms with van der Waals surface area (Å²) >= 11 is 3.08. The molecule has 0 radical (unpaired) electrons. The molecule has 1 aromatic carbocycles. The topological polar surface area (TPSA) is 25.2 Å². The maximum atomic E-state index is 14.2. The second-order valence-electron chi connectivity index (χ2n) is 5.15. The summed E-state index contributed by atoms with van der Waals surface area (Å²) in [5, 5.41) is 10.0. The van der Waals surface area contributed by atoms with Gasteiger partial charge in [0.25, 0.3) is 0 Å². The predicted octanol–water partition coefficient (Wildman–Crippen LogP) is 4.20. The van der Waals surface area contributed by atoms with Crippen LogP contribution in [0.4, 0.5) is 8.78 Å². The average Bonchev–Trinajstić information content (AvgIpc) is 2.67. The van der Waals surface area contributed by atoms with E-state index in [2.05, 4.69) is 15.9 Å². The highest BCUT2D eigenvalue weighted by molar-refractivity contribution is 9.10. The molecule has 0 spiro atoms. The summed E-state index contributed by atoms with van der Waals surface area (Å²) in [6.45, 7) is 1.80. The Balaban J connectivity index is 2.26. The van der Waals surface area contributed by atoms with Gasteiger partial charge in [0.15, 0.2) is 11.6 Å². The lowest BCUT2D eigenvalue weighted by atomic mass is 9.95.